The van der Waals surface area contributed by atoms with E-state index >= 15 is 0 Å². The minimum Gasteiger partial charge on any atom is -0.493 e. The number of ether oxygens (including phenoxy) is 3. The highest BCUT2D eigenvalue weighted by atomic mass is 79.9. The number of carbonyl (C=O) groups excluding carboxylic acids is 2. The second-order valence-electron chi connectivity index (χ2n) is 6.58. The van der Waals surface area contributed by atoms with Crippen LogP contribution in [-0.2, 0) is 9.59 Å². The van der Waals surface area contributed by atoms with Gasteiger partial charge in [0.05, 0.1) is 13.3 Å². The minimum atomic E-state index is -0.537. The van der Waals surface area contributed by atoms with Gasteiger partial charge in [0.25, 0.3) is 5.91 Å². The highest BCUT2D eigenvalue weighted by molar-refractivity contribution is 9.10. The molecule has 0 unspecified atom stereocenters. The van der Waals surface area contributed by atoms with Crippen LogP contribution in [0.25, 0.3) is 6.08 Å². The summed E-state index contributed by atoms with van der Waals surface area (Å²) in [7, 11) is 1.52. The minimum absolute atomic E-state index is 0.248. The summed E-state index contributed by atoms with van der Waals surface area (Å²) >= 11 is 3.37. The number of hydrazone groups is 1. The van der Waals surface area contributed by atoms with Gasteiger partial charge in [0.1, 0.15) is 5.75 Å². The number of halogens is 1. The number of hydrogen-bond acceptors (Lipinski definition) is 6. The maximum absolute atomic E-state index is 12.2. The molecule has 0 aromatic heterocycles. The molecule has 0 atom stereocenters. The summed E-state index contributed by atoms with van der Waals surface area (Å²) in [6.45, 7) is -0.248. The molecule has 0 saturated carbocycles. The summed E-state index contributed by atoms with van der Waals surface area (Å²) in [4.78, 5) is 24.3. The second-order valence-corrected chi connectivity index (χ2v) is 7.50. The quantitative estimate of drug-likeness (QED) is 0.150. The molecule has 0 aliphatic heterocycles. The first-order valence-electron chi connectivity index (χ1n) is 9.87. The van der Waals surface area contributed by atoms with Crippen molar-refractivity contribution in [3.63, 3.8) is 0 Å². The van der Waals surface area contributed by atoms with E-state index < -0.39 is 11.9 Å². The topological polar surface area (TPSA) is 86.2 Å². The first-order chi connectivity index (χ1) is 16.0. The van der Waals surface area contributed by atoms with Gasteiger partial charge in [-0.25, -0.2) is 10.2 Å². The van der Waals surface area contributed by atoms with Crippen LogP contribution in [-0.4, -0.2) is 31.8 Å². The fourth-order valence-electron chi connectivity index (χ4n) is 2.67. The number of para-hydroxylation sites is 2. The highest BCUT2D eigenvalue weighted by Crippen LogP contribution is 2.25. The van der Waals surface area contributed by atoms with Crippen LogP contribution in [0.3, 0.4) is 0 Å². The zero-order valence-electron chi connectivity index (χ0n) is 17.7. The average Bonchev–Trinajstić information content (AvgIpc) is 2.84. The van der Waals surface area contributed by atoms with Crippen molar-refractivity contribution in [3.05, 3.63) is 94.5 Å². The van der Waals surface area contributed by atoms with E-state index in [0.29, 0.717) is 22.8 Å². The molecule has 1 N–H and O–H groups in total. The maximum atomic E-state index is 12.2. The van der Waals surface area contributed by atoms with Gasteiger partial charge >= 0.3 is 5.97 Å². The third-order valence-corrected chi connectivity index (χ3v) is 4.71. The van der Waals surface area contributed by atoms with Crippen LogP contribution < -0.4 is 19.6 Å². The standard InChI is InChI=1S/C25H21BrN2O5/c1-31-22-9-5-6-10-23(22)32-17-24(29)28-27-16-19-15-20(26)12-13-21(19)33-25(30)14-11-18-7-3-2-4-8-18/h2-16H,17H2,1H3,(H,28,29)/b14-11+,27-16-. The van der Waals surface area contributed by atoms with Gasteiger partial charge in [0, 0.05) is 16.1 Å². The van der Waals surface area contributed by atoms with Crippen LogP contribution in [0.2, 0.25) is 0 Å². The summed E-state index contributed by atoms with van der Waals surface area (Å²) in [5.74, 6) is 0.269. The van der Waals surface area contributed by atoms with E-state index in [-0.39, 0.29) is 6.61 Å². The van der Waals surface area contributed by atoms with Crippen LogP contribution >= 0.6 is 15.9 Å². The number of hydrogen-bond donors (Lipinski definition) is 1. The molecule has 3 aromatic carbocycles. The molecule has 3 rings (SSSR count). The van der Waals surface area contributed by atoms with E-state index in [1.54, 1.807) is 48.5 Å². The van der Waals surface area contributed by atoms with E-state index in [1.165, 1.54) is 19.4 Å². The van der Waals surface area contributed by atoms with Gasteiger partial charge < -0.3 is 14.2 Å². The summed E-state index contributed by atoms with van der Waals surface area (Å²) in [5, 5.41) is 3.93. The molecule has 33 heavy (non-hydrogen) atoms. The number of rotatable bonds is 9. The van der Waals surface area contributed by atoms with E-state index in [1.807, 2.05) is 30.3 Å². The summed E-state index contributed by atoms with van der Waals surface area (Å²) < 4.78 is 16.8. The molecular weight excluding hydrogens is 488 g/mol. The average molecular weight is 509 g/mol. The number of nitrogens with one attached hydrogen (secondary N) is 1. The number of nitrogens with zero attached hydrogens (tertiary/aromatic N) is 1. The Balaban J connectivity index is 1.58. The largest absolute Gasteiger partial charge is 0.493 e. The van der Waals surface area contributed by atoms with Gasteiger partial charge in [-0.15, -0.1) is 0 Å². The zero-order chi connectivity index (χ0) is 23.5. The third kappa shape index (κ3) is 7.62. The lowest BCUT2D eigenvalue weighted by Gasteiger charge is -2.09. The van der Waals surface area contributed by atoms with Crippen molar-refractivity contribution in [2.75, 3.05) is 13.7 Å². The van der Waals surface area contributed by atoms with Crippen molar-refractivity contribution in [1.29, 1.82) is 0 Å². The van der Waals surface area contributed by atoms with Crippen LogP contribution in [0.15, 0.2) is 88.4 Å². The Morgan fingerprint density at radius 1 is 0.970 bits per heavy atom. The van der Waals surface area contributed by atoms with Gasteiger partial charge in [-0.1, -0.05) is 58.4 Å². The molecule has 0 heterocycles. The SMILES string of the molecule is COc1ccccc1OCC(=O)N/N=C\c1cc(Br)ccc1OC(=O)/C=C/c1ccccc1. The van der Waals surface area contributed by atoms with Crippen molar-refractivity contribution < 1.29 is 23.8 Å². The Labute approximate surface area is 199 Å². The van der Waals surface area contributed by atoms with Crippen LogP contribution in [0, 0.1) is 0 Å². The Kier molecular flexibility index (Phi) is 8.79. The van der Waals surface area contributed by atoms with E-state index in [9.17, 15) is 9.59 Å². The molecule has 0 aliphatic rings. The third-order valence-electron chi connectivity index (χ3n) is 4.21. The van der Waals surface area contributed by atoms with Gasteiger partial charge in [-0.3, -0.25) is 4.79 Å². The molecule has 168 valence electrons. The Morgan fingerprint density at radius 2 is 1.70 bits per heavy atom. The Bertz CT molecular complexity index is 1160. The van der Waals surface area contributed by atoms with Gasteiger partial charge in [0.2, 0.25) is 0 Å². The van der Waals surface area contributed by atoms with Crippen LogP contribution in [0.4, 0.5) is 0 Å². The normalized spacial score (nSPS) is 10.8. The summed E-state index contributed by atoms with van der Waals surface area (Å²) in [5.41, 5.74) is 3.76. The van der Waals surface area contributed by atoms with Gasteiger partial charge in [0.15, 0.2) is 18.1 Å². The van der Waals surface area contributed by atoms with E-state index in [0.717, 1.165) is 10.0 Å². The highest BCUT2D eigenvalue weighted by Gasteiger charge is 2.08. The number of methoxy groups -OCH3 is 1. The van der Waals surface area contributed by atoms with Crippen LogP contribution in [0.5, 0.6) is 17.2 Å². The molecule has 0 aliphatic carbocycles. The lowest BCUT2D eigenvalue weighted by molar-refractivity contribution is -0.129. The monoisotopic (exact) mass is 508 g/mol. The molecule has 7 nitrogen and oxygen atoms in total. The van der Waals surface area contributed by atoms with Crippen LogP contribution in [0.1, 0.15) is 11.1 Å². The predicted octanol–water partition coefficient (Wildman–Crippen LogP) is 4.61. The fourth-order valence-corrected chi connectivity index (χ4v) is 3.05. The van der Waals surface area contributed by atoms with Gasteiger partial charge in [-0.05, 0) is 42.0 Å². The Hall–Kier alpha value is -3.91. The predicted molar refractivity (Wildman–Crippen MR) is 129 cm³/mol. The van der Waals surface area contributed by atoms with Crippen molar-refractivity contribution >= 4 is 40.1 Å². The van der Waals surface area contributed by atoms with Crippen molar-refractivity contribution in [1.82, 2.24) is 5.43 Å². The number of benzene rings is 3. The summed E-state index contributed by atoms with van der Waals surface area (Å²) in [6, 6.07) is 21.5. The smallest absolute Gasteiger partial charge is 0.336 e. The molecule has 1 amide bonds. The van der Waals surface area contributed by atoms with Crippen molar-refractivity contribution in [2.45, 2.75) is 0 Å². The molecule has 0 radical (unpaired) electrons. The first-order valence-corrected chi connectivity index (χ1v) is 10.7. The molecule has 0 fully saturated rings. The molecule has 3 aromatic rings. The lowest BCUT2D eigenvalue weighted by Crippen LogP contribution is -2.24. The van der Waals surface area contributed by atoms with Crippen molar-refractivity contribution in [3.8, 4) is 17.2 Å². The molecule has 0 saturated heterocycles. The first kappa shape index (κ1) is 23.7. The molecule has 8 heteroatoms. The number of amides is 1. The zero-order valence-corrected chi connectivity index (χ0v) is 19.3. The lowest BCUT2D eigenvalue weighted by atomic mass is 10.2. The maximum Gasteiger partial charge on any atom is 0.336 e. The van der Waals surface area contributed by atoms with Crippen molar-refractivity contribution in [2.24, 2.45) is 5.10 Å². The molecule has 0 spiro atoms. The Morgan fingerprint density at radius 3 is 2.45 bits per heavy atom. The van der Waals surface area contributed by atoms with Gasteiger partial charge in [-0.2, -0.15) is 5.10 Å². The second kappa shape index (κ2) is 12.2. The number of carbonyl (C=O) groups is 2. The molecular formula is C25H21BrN2O5. The van der Waals surface area contributed by atoms with E-state index in [2.05, 4.69) is 26.5 Å². The molecule has 0 bridgehead atoms. The summed E-state index contributed by atoms with van der Waals surface area (Å²) in [6.07, 6.45) is 4.39. The fraction of sp³-hybridized carbons (Fsp3) is 0.0800. The van der Waals surface area contributed by atoms with E-state index in [4.69, 9.17) is 14.2 Å². The number of esters is 1.